The molecular formula is C22H26N4O3S. The van der Waals surface area contributed by atoms with Gasteiger partial charge >= 0.3 is 6.03 Å². The van der Waals surface area contributed by atoms with Crippen LogP contribution in [0.1, 0.15) is 39.3 Å². The predicted molar refractivity (Wildman–Crippen MR) is 117 cm³/mol. The number of carbonyl (C=O) groups is 3. The number of rotatable bonds is 3. The SMILES string of the molecule is O=C(Nc1ccc(C(=O)N2CCN(C(=O)N3CCCCC3)CC2)cc1)c1cccs1. The molecule has 0 bridgehead atoms. The van der Waals surface area contributed by atoms with Gasteiger partial charge in [-0.25, -0.2) is 4.79 Å². The standard InChI is InChI=1S/C22H26N4O3S/c27-20(19-5-4-16-30-19)23-18-8-6-17(7-9-18)21(28)24-12-14-26(15-13-24)22(29)25-10-2-1-3-11-25/h4-9,16H,1-3,10-15H2,(H,23,27). The van der Waals surface area contributed by atoms with Gasteiger partial charge in [0.05, 0.1) is 4.88 Å². The molecule has 4 amide bonds. The number of nitrogens with zero attached hydrogens (tertiary/aromatic N) is 3. The summed E-state index contributed by atoms with van der Waals surface area (Å²) in [6.07, 6.45) is 3.35. The van der Waals surface area contributed by atoms with Gasteiger partial charge in [0.15, 0.2) is 0 Å². The van der Waals surface area contributed by atoms with Crippen LogP contribution in [0.5, 0.6) is 0 Å². The molecule has 30 heavy (non-hydrogen) atoms. The second-order valence-corrected chi connectivity index (χ2v) is 8.57. The smallest absolute Gasteiger partial charge is 0.320 e. The Bertz CT molecular complexity index is 884. The Balaban J connectivity index is 1.29. The van der Waals surface area contributed by atoms with Crippen LogP contribution in [0.25, 0.3) is 0 Å². The molecule has 2 fully saturated rings. The number of nitrogens with one attached hydrogen (secondary N) is 1. The third-order valence-corrected chi connectivity index (χ3v) is 6.47. The number of thiophene rings is 1. The summed E-state index contributed by atoms with van der Waals surface area (Å²) in [6.45, 7) is 3.89. The molecule has 1 aromatic heterocycles. The fourth-order valence-corrected chi connectivity index (χ4v) is 4.48. The number of anilines is 1. The van der Waals surface area contributed by atoms with Crippen LogP contribution in [-0.4, -0.2) is 71.8 Å². The Morgan fingerprint density at radius 1 is 0.767 bits per heavy atom. The van der Waals surface area contributed by atoms with Crippen molar-refractivity contribution in [3.05, 3.63) is 52.2 Å². The third kappa shape index (κ3) is 4.64. The Morgan fingerprint density at radius 3 is 2.03 bits per heavy atom. The average Bonchev–Trinajstić information content (AvgIpc) is 3.35. The van der Waals surface area contributed by atoms with Crippen molar-refractivity contribution in [1.82, 2.24) is 14.7 Å². The van der Waals surface area contributed by atoms with Gasteiger partial charge in [-0.15, -0.1) is 11.3 Å². The van der Waals surface area contributed by atoms with Crippen LogP contribution in [-0.2, 0) is 0 Å². The molecule has 3 heterocycles. The van der Waals surface area contributed by atoms with E-state index in [0.29, 0.717) is 42.3 Å². The van der Waals surface area contributed by atoms with Crippen molar-refractivity contribution in [3.63, 3.8) is 0 Å². The van der Waals surface area contributed by atoms with Crippen LogP contribution < -0.4 is 5.32 Å². The quantitative estimate of drug-likeness (QED) is 0.818. The van der Waals surface area contributed by atoms with E-state index in [4.69, 9.17) is 0 Å². The summed E-state index contributed by atoms with van der Waals surface area (Å²) < 4.78 is 0. The number of amides is 4. The molecule has 0 saturated carbocycles. The van der Waals surface area contributed by atoms with E-state index < -0.39 is 0 Å². The molecule has 1 N–H and O–H groups in total. The van der Waals surface area contributed by atoms with Gasteiger partial charge in [-0.3, -0.25) is 9.59 Å². The number of likely N-dealkylation sites (tertiary alicyclic amines) is 1. The maximum Gasteiger partial charge on any atom is 0.320 e. The minimum atomic E-state index is -0.154. The lowest BCUT2D eigenvalue weighted by Crippen LogP contribution is -2.54. The first-order valence-corrected chi connectivity index (χ1v) is 11.3. The number of hydrogen-bond acceptors (Lipinski definition) is 4. The molecule has 2 saturated heterocycles. The number of piperazine rings is 1. The molecule has 0 spiro atoms. The summed E-state index contributed by atoms with van der Waals surface area (Å²) in [5.41, 5.74) is 1.24. The van der Waals surface area contributed by atoms with E-state index in [1.165, 1.54) is 17.8 Å². The van der Waals surface area contributed by atoms with Crippen LogP contribution in [0.3, 0.4) is 0 Å². The Morgan fingerprint density at radius 2 is 1.40 bits per heavy atom. The van der Waals surface area contributed by atoms with Crippen molar-refractivity contribution < 1.29 is 14.4 Å². The highest BCUT2D eigenvalue weighted by Crippen LogP contribution is 2.17. The van der Waals surface area contributed by atoms with Crippen molar-refractivity contribution in [2.24, 2.45) is 0 Å². The highest BCUT2D eigenvalue weighted by Gasteiger charge is 2.28. The van der Waals surface area contributed by atoms with Gasteiger partial charge in [0, 0.05) is 50.5 Å². The van der Waals surface area contributed by atoms with E-state index in [-0.39, 0.29) is 17.8 Å². The fraction of sp³-hybridized carbons (Fsp3) is 0.409. The summed E-state index contributed by atoms with van der Waals surface area (Å²) in [5.74, 6) is -0.199. The molecule has 2 aromatic rings. The summed E-state index contributed by atoms with van der Waals surface area (Å²) in [4.78, 5) is 43.8. The van der Waals surface area contributed by atoms with E-state index in [0.717, 1.165) is 25.9 Å². The van der Waals surface area contributed by atoms with Crippen molar-refractivity contribution in [2.45, 2.75) is 19.3 Å². The number of piperidine rings is 1. The zero-order valence-electron chi connectivity index (χ0n) is 16.9. The van der Waals surface area contributed by atoms with Crippen molar-refractivity contribution in [1.29, 1.82) is 0 Å². The van der Waals surface area contributed by atoms with E-state index >= 15 is 0 Å². The molecule has 158 valence electrons. The fourth-order valence-electron chi connectivity index (χ4n) is 3.87. The van der Waals surface area contributed by atoms with Gasteiger partial charge in [-0.1, -0.05) is 6.07 Å². The number of urea groups is 1. The normalized spacial score (nSPS) is 17.0. The maximum absolute atomic E-state index is 12.8. The summed E-state index contributed by atoms with van der Waals surface area (Å²) >= 11 is 1.38. The van der Waals surface area contributed by atoms with Crippen molar-refractivity contribution >= 4 is 34.9 Å². The van der Waals surface area contributed by atoms with Crippen LogP contribution in [0.2, 0.25) is 0 Å². The lowest BCUT2D eigenvalue weighted by molar-refractivity contribution is 0.0633. The highest BCUT2D eigenvalue weighted by molar-refractivity contribution is 7.12. The first-order chi connectivity index (χ1) is 14.6. The zero-order chi connectivity index (χ0) is 20.9. The number of benzene rings is 1. The van der Waals surface area contributed by atoms with Gasteiger partial charge in [-0.2, -0.15) is 0 Å². The lowest BCUT2D eigenvalue weighted by atomic mass is 10.1. The van der Waals surface area contributed by atoms with Gasteiger partial charge in [0.2, 0.25) is 0 Å². The summed E-state index contributed by atoms with van der Waals surface area (Å²) in [5, 5.41) is 4.69. The first kappa shape index (κ1) is 20.4. The van der Waals surface area contributed by atoms with E-state index in [1.54, 1.807) is 35.2 Å². The van der Waals surface area contributed by atoms with E-state index in [9.17, 15) is 14.4 Å². The lowest BCUT2D eigenvalue weighted by Gasteiger charge is -2.38. The second-order valence-electron chi connectivity index (χ2n) is 7.62. The molecule has 8 heteroatoms. The van der Waals surface area contributed by atoms with Crippen molar-refractivity contribution in [3.8, 4) is 0 Å². The predicted octanol–water partition coefficient (Wildman–Crippen LogP) is 3.36. The molecule has 0 radical (unpaired) electrons. The molecular weight excluding hydrogens is 400 g/mol. The van der Waals surface area contributed by atoms with Gasteiger partial charge in [0.1, 0.15) is 0 Å². The number of hydrogen-bond donors (Lipinski definition) is 1. The molecule has 0 atom stereocenters. The van der Waals surface area contributed by atoms with Gasteiger partial charge < -0.3 is 20.0 Å². The number of carbonyl (C=O) groups excluding carboxylic acids is 3. The molecule has 0 unspecified atom stereocenters. The van der Waals surface area contributed by atoms with E-state index in [1.807, 2.05) is 21.2 Å². The maximum atomic E-state index is 12.8. The molecule has 1 aromatic carbocycles. The van der Waals surface area contributed by atoms with Crippen LogP contribution in [0, 0.1) is 0 Å². The molecule has 2 aliphatic heterocycles. The zero-order valence-corrected chi connectivity index (χ0v) is 17.7. The molecule has 2 aliphatic rings. The molecule has 0 aliphatic carbocycles. The second kappa shape index (κ2) is 9.30. The first-order valence-electron chi connectivity index (χ1n) is 10.4. The average molecular weight is 427 g/mol. The largest absolute Gasteiger partial charge is 0.335 e. The van der Waals surface area contributed by atoms with Gasteiger partial charge in [-0.05, 0) is 55.0 Å². The Kier molecular flexibility index (Phi) is 6.32. The Labute approximate surface area is 180 Å². The van der Waals surface area contributed by atoms with Crippen LogP contribution >= 0.6 is 11.3 Å². The topological polar surface area (TPSA) is 73.0 Å². The Hall–Kier alpha value is -2.87. The third-order valence-electron chi connectivity index (χ3n) is 5.60. The van der Waals surface area contributed by atoms with E-state index in [2.05, 4.69) is 5.32 Å². The van der Waals surface area contributed by atoms with Gasteiger partial charge in [0.25, 0.3) is 11.8 Å². The minimum absolute atomic E-state index is 0.0452. The monoisotopic (exact) mass is 426 g/mol. The van der Waals surface area contributed by atoms with Crippen molar-refractivity contribution in [2.75, 3.05) is 44.6 Å². The summed E-state index contributed by atoms with van der Waals surface area (Å²) in [6, 6.07) is 10.7. The molecule has 4 rings (SSSR count). The van der Waals surface area contributed by atoms with Crippen LogP contribution in [0.15, 0.2) is 41.8 Å². The highest BCUT2D eigenvalue weighted by atomic mass is 32.1. The minimum Gasteiger partial charge on any atom is -0.335 e. The summed E-state index contributed by atoms with van der Waals surface area (Å²) in [7, 11) is 0. The van der Waals surface area contributed by atoms with Crippen LogP contribution in [0.4, 0.5) is 10.5 Å². The molecule has 7 nitrogen and oxygen atoms in total.